The Balaban J connectivity index is 1.71. The van der Waals surface area contributed by atoms with Gasteiger partial charge in [-0.25, -0.2) is 4.39 Å². The molecule has 1 amide bonds. The molecule has 7 heteroatoms. The van der Waals surface area contributed by atoms with Crippen molar-refractivity contribution in [2.75, 3.05) is 18.6 Å². The molecule has 0 saturated heterocycles. The van der Waals surface area contributed by atoms with Crippen LogP contribution in [0.3, 0.4) is 0 Å². The molecule has 6 nitrogen and oxygen atoms in total. The Kier molecular flexibility index (Phi) is 6.22. The van der Waals surface area contributed by atoms with E-state index >= 15 is 0 Å². The number of hydrogen-bond donors (Lipinski definition) is 0. The molecule has 0 saturated carbocycles. The number of benzene rings is 3. The van der Waals surface area contributed by atoms with Crippen molar-refractivity contribution < 1.29 is 23.1 Å². The van der Waals surface area contributed by atoms with Gasteiger partial charge in [-0.2, -0.15) is 0 Å². The lowest BCUT2D eigenvalue weighted by Crippen LogP contribution is -2.29. The summed E-state index contributed by atoms with van der Waals surface area (Å²) in [5.74, 6) is 0.153. The van der Waals surface area contributed by atoms with Crippen molar-refractivity contribution in [3.63, 3.8) is 0 Å². The summed E-state index contributed by atoms with van der Waals surface area (Å²) in [5.41, 5.74) is 2.30. The highest BCUT2D eigenvalue weighted by Crippen LogP contribution is 2.43. The van der Waals surface area contributed by atoms with Gasteiger partial charge >= 0.3 is 0 Å². The molecule has 0 bridgehead atoms. The van der Waals surface area contributed by atoms with Crippen molar-refractivity contribution in [1.82, 2.24) is 0 Å². The fraction of sp³-hybridized carbons (Fsp3) is 0.241. The SMILES string of the molecule is CCCCOc1ccc(C2c3c(oc4ccc(C)cc4c3=O)C(=O)N2c2ccc(F)cc2)cc1OC. The zero-order valence-electron chi connectivity index (χ0n) is 20.3. The minimum Gasteiger partial charge on any atom is -0.493 e. The number of hydrogen-bond acceptors (Lipinski definition) is 5. The number of ether oxygens (including phenoxy) is 2. The summed E-state index contributed by atoms with van der Waals surface area (Å²) in [6, 6.07) is 15.4. The predicted molar refractivity (Wildman–Crippen MR) is 136 cm³/mol. The maximum absolute atomic E-state index is 13.8. The van der Waals surface area contributed by atoms with Crippen molar-refractivity contribution >= 4 is 22.6 Å². The fourth-order valence-corrected chi connectivity index (χ4v) is 4.57. The number of nitrogens with zero attached hydrogens (tertiary/aromatic N) is 1. The third-order valence-corrected chi connectivity index (χ3v) is 6.39. The van der Waals surface area contributed by atoms with Crippen molar-refractivity contribution in [3.05, 3.63) is 99.2 Å². The minimum absolute atomic E-state index is 0.0204. The topological polar surface area (TPSA) is 69.0 Å². The Labute approximate surface area is 207 Å². The number of rotatable bonds is 7. The van der Waals surface area contributed by atoms with Gasteiger partial charge in [-0.05, 0) is 67.4 Å². The second-order valence-electron chi connectivity index (χ2n) is 8.84. The van der Waals surface area contributed by atoms with Gasteiger partial charge in [0.2, 0.25) is 5.76 Å². The average Bonchev–Trinajstić information content (AvgIpc) is 3.17. The third kappa shape index (κ3) is 4.00. The highest BCUT2D eigenvalue weighted by Gasteiger charge is 2.44. The Bertz CT molecular complexity index is 1510. The largest absolute Gasteiger partial charge is 0.493 e. The van der Waals surface area contributed by atoms with Crippen molar-refractivity contribution in [3.8, 4) is 11.5 Å². The van der Waals surface area contributed by atoms with E-state index in [9.17, 15) is 14.0 Å². The fourth-order valence-electron chi connectivity index (χ4n) is 4.57. The lowest BCUT2D eigenvalue weighted by atomic mass is 9.97. The molecule has 5 rings (SSSR count). The molecule has 4 aromatic rings. The smallest absolute Gasteiger partial charge is 0.295 e. The normalized spacial score (nSPS) is 14.8. The highest BCUT2D eigenvalue weighted by atomic mass is 19.1. The number of aryl methyl sites for hydroxylation is 1. The number of unbranched alkanes of at least 4 members (excludes halogenated alkanes) is 1. The van der Waals surface area contributed by atoms with Crippen LogP contribution in [-0.2, 0) is 0 Å². The Morgan fingerprint density at radius 1 is 1.00 bits per heavy atom. The van der Waals surface area contributed by atoms with Crippen LogP contribution in [0.25, 0.3) is 11.0 Å². The summed E-state index contributed by atoms with van der Waals surface area (Å²) >= 11 is 0. The molecule has 36 heavy (non-hydrogen) atoms. The van der Waals surface area contributed by atoms with E-state index in [-0.39, 0.29) is 16.8 Å². The van der Waals surface area contributed by atoms with Gasteiger partial charge in [0.1, 0.15) is 11.4 Å². The number of amides is 1. The van der Waals surface area contributed by atoms with E-state index in [4.69, 9.17) is 13.9 Å². The van der Waals surface area contributed by atoms with Gasteiger partial charge in [-0.3, -0.25) is 14.5 Å². The average molecular weight is 488 g/mol. The Hall–Kier alpha value is -4.13. The molecule has 0 fully saturated rings. The van der Waals surface area contributed by atoms with Crippen LogP contribution in [-0.4, -0.2) is 19.6 Å². The van der Waals surface area contributed by atoms with Gasteiger partial charge in [0, 0.05) is 5.69 Å². The molecule has 0 spiro atoms. The molecule has 1 aliphatic heterocycles. The molecular formula is C29H26FNO5. The van der Waals surface area contributed by atoms with Crippen LogP contribution < -0.4 is 19.8 Å². The predicted octanol–water partition coefficient (Wildman–Crippen LogP) is 6.18. The summed E-state index contributed by atoms with van der Waals surface area (Å²) in [4.78, 5) is 28.9. The maximum atomic E-state index is 13.8. The van der Waals surface area contributed by atoms with Crippen LogP contribution >= 0.6 is 0 Å². The number of methoxy groups -OCH3 is 1. The summed E-state index contributed by atoms with van der Waals surface area (Å²) < 4.78 is 31.2. The first-order chi connectivity index (χ1) is 17.4. The van der Waals surface area contributed by atoms with E-state index < -0.39 is 17.8 Å². The first kappa shape index (κ1) is 23.6. The molecule has 3 aromatic carbocycles. The molecule has 2 heterocycles. The zero-order chi connectivity index (χ0) is 25.4. The second kappa shape index (κ2) is 9.49. The molecule has 0 aliphatic carbocycles. The van der Waals surface area contributed by atoms with E-state index in [0.29, 0.717) is 40.3 Å². The van der Waals surface area contributed by atoms with Crippen LogP contribution in [0.5, 0.6) is 11.5 Å². The van der Waals surface area contributed by atoms with Crippen LogP contribution in [0.2, 0.25) is 0 Å². The highest BCUT2D eigenvalue weighted by molar-refractivity contribution is 6.10. The molecule has 0 N–H and O–H groups in total. The van der Waals surface area contributed by atoms with E-state index in [1.807, 2.05) is 19.1 Å². The number of carbonyl (C=O) groups excluding carboxylic acids is 1. The molecule has 0 radical (unpaired) electrons. The number of carbonyl (C=O) groups is 1. The first-order valence-corrected chi connectivity index (χ1v) is 11.9. The van der Waals surface area contributed by atoms with Crippen molar-refractivity contribution in [2.45, 2.75) is 32.7 Å². The summed E-state index contributed by atoms with van der Waals surface area (Å²) in [6.07, 6.45) is 1.90. The first-order valence-electron chi connectivity index (χ1n) is 11.9. The molecule has 1 aliphatic rings. The van der Waals surface area contributed by atoms with Gasteiger partial charge in [0.25, 0.3) is 5.91 Å². The standard InChI is InChI=1S/C29H26FNO5/c1-4-5-14-35-23-13-7-18(16-24(23)34-3)26-25-27(32)21-15-17(2)6-12-22(21)36-28(25)29(33)31(26)20-10-8-19(30)9-11-20/h6-13,15-16,26H,4-5,14H2,1-3H3. The molecule has 1 aromatic heterocycles. The quantitative estimate of drug-likeness (QED) is 0.291. The molecule has 184 valence electrons. The minimum atomic E-state index is -0.794. The number of fused-ring (bicyclic) bond motifs is 2. The zero-order valence-corrected chi connectivity index (χ0v) is 20.3. The summed E-state index contributed by atoms with van der Waals surface area (Å²) in [7, 11) is 1.54. The maximum Gasteiger partial charge on any atom is 0.295 e. The van der Waals surface area contributed by atoms with Gasteiger partial charge in [0.05, 0.1) is 30.7 Å². The Morgan fingerprint density at radius 2 is 1.78 bits per heavy atom. The van der Waals surface area contributed by atoms with E-state index in [0.717, 1.165) is 18.4 Å². The van der Waals surface area contributed by atoms with Gasteiger partial charge in [0.15, 0.2) is 16.9 Å². The summed E-state index contributed by atoms with van der Waals surface area (Å²) in [6.45, 7) is 4.52. The van der Waals surface area contributed by atoms with Gasteiger partial charge < -0.3 is 13.9 Å². The number of anilines is 1. The van der Waals surface area contributed by atoms with E-state index in [1.54, 1.807) is 31.4 Å². The molecular weight excluding hydrogens is 461 g/mol. The van der Waals surface area contributed by atoms with Crippen LogP contribution in [0.15, 0.2) is 69.9 Å². The van der Waals surface area contributed by atoms with E-state index in [2.05, 4.69) is 6.92 Å². The molecule has 1 unspecified atom stereocenters. The van der Waals surface area contributed by atoms with E-state index in [1.165, 1.54) is 29.2 Å². The molecule has 1 atom stereocenters. The van der Waals surface area contributed by atoms with Crippen LogP contribution in [0.1, 0.15) is 53.1 Å². The second-order valence-corrected chi connectivity index (χ2v) is 8.84. The monoisotopic (exact) mass is 487 g/mol. The van der Waals surface area contributed by atoms with Crippen molar-refractivity contribution in [1.29, 1.82) is 0 Å². The third-order valence-electron chi connectivity index (χ3n) is 6.39. The van der Waals surface area contributed by atoms with Crippen molar-refractivity contribution in [2.24, 2.45) is 0 Å². The van der Waals surface area contributed by atoms with Crippen LogP contribution in [0, 0.1) is 12.7 Å². The number of halogens is 1. The Morgan fingerprint density at radius 3 is 2.50 bits per heavy atom. The summed E-state index contributed by atoms with van der Waals surface area (Å²) in [5, 5.41) is 0.402. The van der Waals surface area contributed by atoms with Gasteiger partial charge in [-0.15, -0.1) is 0 Å². The lowest BCUT2D eigenvalue weighted by Gasteiger charge is -2.26. The van der Waals surface area contributed by atoms with Gasteiger partial charge in [-0.1, -0.05) is 31.0 Å². The lowest BCUT2D eigenvalue weighted by molar-refractivity contribution is 0.0971. The van der Waals surface area contributed by atoms with Crippen LogP contribution in [0.4, 0.5) is 10.1 Å².